The van der Waals surface area contributed by atoms with Gasteiger partial charge in [-0.1, -0.05) is 0 Å². The summed E-state index contributed by atoms with van der Waals surface area (Å²) in [6.45, 7) is 4.60. The Hall–Kier alpha value is -2.38. The third kappa shape index (κ3) is 4.30. The van der Waals surface area contributed by atoms with Gasteiger partial charge in [0.2, 0.25) is 5.91 Å². The highest BCUT2D eigenvalue weighted by Crippen LogP contribution is 2.12. The van der Waals surface area contributed by atoms with Crippen molar-refractivity contribution in [3.63, 3.8) is 0 Å². The molecule has 0 radical (unpaired) electrons. The Balaban J connectivity index is 1.71. The van der Waals surface area contributed by atoms with Crippen LogP contribution in [0, 0.1) is 13.8 Å². The number of hydrogen-bond acceptors (Lipinski definition) is 4. The number of carbonyl (C=O) groups excluding carboxylic acids is 3. The van der Waals surface area contributed by atoms with E-state index in [4.69, 9.17) is 0 Å². The van der Waals surface area contributed by atoms with Crippen molar-refractivity contribution in [1.29, 1.82) is 0 Å². The first kappa shape index (κ1) is 17.0. The molecule has 1 aromatic rings. The van der Waals surface area contributed by atoms with E-state index in [9.17, 15) is 14.4 Å². The van der Waals surface area contributed by atoms with Crippen molar-refractivity contribution in [1.82, 2.24) is 25.7 Å². The van der Waals surface area contributed by atoms with Gasteiger partial charge in [0.05, 0.1) is 5.69 Å². The summed E-state index contributed by atoms with van der Waals surface area (Å²) in [5.74, 6) is -0.393. The van der Waals surface area contributed by atoms with Crippen LogP contribution in [-0.2, 0) is 16.0 Å². The van der Waals surface area contributed by atoms with Gasteiger partial charge in [-0.05, 0) is 38.7 Å². The summed E-state index contributed by atoms with van der Waals surface area (Å²) < 4.78 is 0. The standard InChI is InChI=1S/C15H23N5O3/c1-9-11(10(2)19-18-9)5-4-8-20(3)13(21)7-6-12-14(22)17-15(23)16-12/h12H,4-8H2,1-3H3,(H,18,19)(H2,16,17,22,23)/t12-/m1/s1. The van der Waals surface area contributed by atoms with E-state index in [-0.39, 0.29) is 18.2 Å². The van der Waals surface area contributed by atoms with E-state index in [1.807, 2.05) is 13.8 Å². The summed E-state index contributed by atoms with van der Waals surface area (Å²) in [7, 11) is 1.75. The quantitative estimate of drug-likeness (QED) is 0.632. The number of aryl methyl sites for hydroxylation is 2. The summed E-state index contributed by atoms with van der Waals surface area (Å²) in [6, 6.07) is -1.09. The van der Waals surface area contributed by atoms with Crippen LogP contribution in [-0.4, -0.2) is 52.6 Å². The molecule has 3 N–H and O–H groups in total. The number of amides is 4. The molecule has 1 atom stereocenters. The average molecular weight is 321 g/mol. The van der Waals surface area contributed by atoms with Gasteiger partial charge in [0.25, 0.3) is 5.91 Å². The zero-order chi connectivity index (χ0) is 17.0. The summed E-state index contributed by atoms with van der Waals surface area (Å²) in [6.07, 6.45) is 2.27. The normalized spacial score (nSPS) is 17.1. The molecule has 0 aliphatic carbocycles. The predicted octanol–water partition coefficient (Wildman–Crippen LogP) is 0.406. The van der Waals surface area contributed by atoms with Crippen molar-refractivity contribution in [3.05, 3.63) is 17.0 Å². The SMILES string of the molecule is Cc1n[nH]c(C)c1CCCN(C)C(=O)CC[C@H]1NC(=O)NC1=O. The van der Waals surface area contributed by atoms with E-state index in [1.54, 1.807) is 11.9 Å². The minimum absolute atomic E-state index is 0.0282. The Morgan fingerprint density at radius 3 is 2.61 bits per heavy atom. The van der Waals surface area contributed by atoms with Crippen LogP contribution in [0.3, 0.4) is 0 Å². The molecule has 1 aliphatic rings. The second kappa shape index (κ2) is 7.26. The second-order valence-electron chi connectivity index (χ2n) is 5.89. The fourth-order valence-corrected chi connectivity index (χ4v) is 2.68. The number of nitrogens with zero attached hydrogens (tertiary/aromatic N) is 2. The molecule has 0 aromatic carbocycles. The molecule has 0 spiro atoms. The van der Waals surface area contributed by atoms with Gasteiger partial charge in [-0.15, -0.1) is 0 Å². The highest BCUT2D eigenvalue weighted by Gasteiger charge is 2.29. The van der Waals surface area contributed by atoms with Crippen LogP contribution in [0.15, 0.2) is 0 Å². The molecule has 2 heterocycles. The molecule has 1 fully saturated rings. The van der Waals surface area contributed by atoms with E-state index in [0.29, 0.717) is 13.0 Å². The van der Waals surface area contributed by atoms with Crippen molar-refractivity contribution < 1.29 is 14.4 Å². The molecule has 2 rings (SSSR count). The number of aromatic amines is 1. The molecule has 0 bridgehead atoms. The lowest BCUT2D eigenvalue weighted by molar-refractivity contribution is -0.130. The van der Waals surface area contributed by atoms with Crippen molar-refractivity contribution in [2.24, 2.45) is 0 Å². The average Bonchev–Trinajstić information content (AvgIpc) is 2.99. The first-order valence-electron chi connectivity index (χ1n) is 7.74. The monoisotopic (exact) mass is 321 g/mol. The zero-order valence-corrected chi connectivity index (χ0v) is 13.7. The van der Waals surface area contributed by atoms with Crippen LogP contribution in [0.5, 0.6) is 0 Å². The highest BCUT2D eigenvalue weighted by atomic mass is 16.2. The van der Waals surface area contributed by atoms with Crippen molar-refractivity contribution >= 4 is 17.8 Å². The Bertz CT molecular complexity index is 591. The number of H-pyrrole nitrogens is 1. The van der Waals surface area contributed by atoms with Crippen molar-refractivity contribution in [3.8, 4) is 0 Å². The Labute approximate surface area is 135 Å². The van der Waals surface area contributed by atoms with Crippen LogP contribution >= 0.6 is 0 Å². The van der Waals surface area contributed by atoms with Crippen LogP contribution < -0.4 is 10.6 Å². The molecule has 1 aromatic heterocycles. The number of urea groups is 1. The van der Waals surface area contributed by atoms with Crippen molar-refractivity contribution in [2.75, 3.05) is 13.6 Å². The molecular formula is C15H23N5O3. The summed E-state index contributed by atoms with van der Waals surface area (Å²) in [4.78, 5) is 36.2. The maximum absolute atomic E-state index is 12.1. The van der Waals surface area contributed by atoms with Crippen molar-refractivity contribution in [2.45, 2.75) is 45.6 Å². The van der Waals surface area contributed by atoms with Gasteiger partial charge >= 0.3 is 6.03 Å². The smallest absolute Gasteiger partial charge is 0.322 e. The number of hydrogen-bond donors (Lipinski definition) is 3. The summed E-state index contributed by atoms with van der Waals surface area (Å²) in [5, 5.41) is 11.8. The van der Waals surface area contributed by atoms with E-state index < -0.39 is 12.1 Å². The summed E-state index contributed by atoms with van der Waals surface area (Å²) in [5.41, 5.74) is 3.27. The maximum Gasteiger partial charge on any atom is 0.322 e. The second-order valence-corrected chi connectivity index (χ2v) is 5.89. The van der Waals surface area contributed by atoms with Gasteiger partial charge in [-0.3, -0.25) is 20.0 Å². The topological polar surface area (TPSA) is 107 Å². The van der Waals surface area contributed by atoms with Crippen LogP contribution in [0.25, 0.3) is 0 Å². The van der Waals surface area contributed by atoms with Gasteiger partial charge in [0.1, 0.15) is 6.04 Å². The number of aromatic nitrogens is 2. The lowest BCUT2D eigenvalue weighted by atomic mass is 10.1. The molecule has 0 saturated carbocycles. The lowest BCUT2D eigenvalue weighted by Crippen LogP contribution is -2.33. The molecule has 4 amide bonds. The molecule has 8 nitrogen and oxygen atoms in total. The van der Waals surface area contributed by atoms with E-state index in [1.165, 1.54) is 5.56 Å². The fourth-order valence-electron chi connectivity index (χ4n) is 2.68. The Morgan fingerprint density at radius 1 is 1.30 bits per heavy atom. The number of nitrogens with one attached hydrogen (secondary N) is 3. The van der Waals surface area contributed by atoms with E-state index in [0.717, 1.165) is 24.2 Å². The van der Waals surface area contributed by atoms with Gasteiger partial charge < -0.3 is 10.2 Å². The van der Waals surface area contributed by atoms with Crippen LogP contribution in [0.1, 0.15) is 36.2 Å². The largest absolute Gasteiger partial charge is 0.346 e. The lowest BCUT2D eigenvalue weighted by Gasteiger charge is -2.18. The van der Waals surface area contributed by atoms with E-state index >= 15 is 0 Å². The molecule has 0 unspecified atom stereocenters. The van der Waals surface area contributed by atoms with Gasteiger partial charge in [0, 0.05) is 25.7 Å². The molecule has 23 heavy (non-hydrogen) atoms. The minimum atomic E-state index is -0.601. The van der Waals surface area contributed by atoms with Gasteiger partial charge in [0.15, 0.2) is 0 Å². The summed E-state index contributed by atoms with van der Waals surface area (Å²) >= 11 is 0. The zero-order valence-electron chi connectivity index (χ0n) is 13.7. The highest BCUT2D eigenvalue weighted by molar-refractivity contribution is 6.04. The predicted molar refractivity (Wildman–Crippen MR) is 83.7 cm³/mol. The van der Waals surface area contributed by atoms with E-state index in [2.05, 4.69) is 20.8 Å². The third-order valence-electron chi connectivity index (χ3n) is 4.13. The molecule has 1 aliphatic heterocycles. The Kier molecular flexibility index (Phi) is 5.36. The first-order chi connectivity index (χ1) is 10.9. The molecule has 8 heteroatoms. The minimum Gasteiger partial charge on any atom is -0.346 e. The van der Waals surface area contributed by atoms with Crippen LogP contribution in [0.2, 0.25) is 0 Å². The third-order valence-corrected chi connectivity index (χ3v) is 4.13. The molecular weight excluding hydrogens is 298 g/mol. The Morgan fingerprint density at radius 2 is 2.04 bits per heavy atom. The molecule has 1 saturated heterocycles. The number of rotatable bonds is 7. The van der Waals surface area contributed by atoms with Gasteiger partial charge in [-0.2, -0.15) is 5.10 Å². The van der Waals surface area contributed by atoms with Gasteiger partial charge in [-0.25, -0.2) is 4.79 Å². The van der Waals surface area contributed by atoms with Crippen LogP contribution in [0.4, 0.5) is 4.79 Å². The maximum atomic E-state index is 12.1. The fraction of sp³-hybridized carbons (Fsp3) is 0.600. The number of carbonyl (C=O) groups is 3. The first-order valence-corrected chi connectivity index (χ1v) is 7.74. The number of imide groups is 1. The molecule has 126 valence electrons.